The number of fused-ring (bicyclic) bond motifs is 3. The van der Waals surface area contributed by atoms with Gasteiger partial charge in [0.25, 0.3) is 0 Å². The van der Waals surface area contributed by atoms with E-state index >= 15 is 0 Å². The zero-order valence-electron chi connectivity index (χ0n) is 10.8. The summed E-state index contributed by atoms with van der Waals surface area (Å²) >= 11 is 1.38. The van der Waals surface area contributed by atoms with Crippen LogP contribution in [0.5, 0.6) is 0 Å². The van der Waals surface area contributed by atoms with Crippen LogP contribution in [0.4, 0.5) is 4.39 Å². The molecule has 3 heterocycles. The fourth-order valence-electron chi connectivity index (χ4n) is 2.86. The molecule has 102 valence electrons. The molecule has 0 saturated heterocycles. The first-order chi connectivity index (χ1) is 9.79. The number of benzene rings is 1. The van der Waals surface area contributed by atoms with Crippen LogP contribution in [0, 0.1) is 5.82 Å². The lowest BCUT2D eigenvalue weighted by Gasteiger charge is -2.26. The maximum Gasteiger partial charge on any atom is 0.123 e. The molecule has 0 amide bonds. The van der Waals surface area contributed by atoms with Gasteiger partial charge in [-0.05, 0) is 35.3 Å². The molecule has 3 aromatic rings. The van der Waals surface area contributed by atoms with Crippen LogP contribution in [0.2, 0.25) is 0 Å². The van der Waals surface area contributed by atoms with Gasteiger partial charge in [0.1, 0.15) is 5.82 Å². The number of halogens is 1. The Balaban J connectivity index is 1.67. The highest BCUT2D eigenvalue weighted by atomic mass is 32.1. The van der Waals surface area contributed by atoms with Gasteiger partial charge in [-0.25, -0.2) is 4.39 Å². The Kier molecular flexibility index (Phi) is 2.78. The molecule has 1 aliphatic heterocycles. The van der Waals surface area contributed by atoms with Crippen LogP contribution in [-0.4, -0.2) is 26.0 Å². The second-order valence-electron chi connectivity index (χ2n) is 5.13. The average molecular weight is 288 g/mol. The standard InChI is InChI=1S/C14H13FN4S/c15-9-1-2-13-11(5-9)12-7-19(4-3-14(12)16-13)6-10-8-20-18-17-10/h1-2,5,8,16H,3-4,6-7H2. The van der Waals surface area contributed by atoms with E-state index in [1.807, 2.05) is 11.4 Å². The van der Waals surface area contributed by atoms with Crippen molar-refractivity contribution in [2.75, 3.05) is 6.54 Å². The van der Waals surface area contributed by atoms with E-state index in [0.717, 1.165) is 42.7 Å². The number of aromatic nitrogens is 3. The highest BCUT2D eigenvalue weighted by molar-refractivity contribution is 7.03. The van der Waals surface area contributed by atoms with E-state index in [0.29, 0.717) is 0 Å². The van der Waals surface area contributed by atoms with Crippen LogP contribution in [0.3, 0.4) is 0 Å². The number of hydrogen-bond donors (Lipinski definition) is 1. The lowest BCUT2D eigenvalue weighted by molar-refractivity contribution is 0.243. The summed E-state index contributed by atoms with van der Waals surface area (Å²) in [4.78, 5) is 5.73. The Hall–Kier alpha value is -1.79. The van der Waals surface area contributed by atoms with Crippen molar-refractivity contribution < 1.29 is 4.39 Å². The summed E-state index contributed by atoms with van der Waals surface area (Å²) in [5.74, 6) is -0.180. The van der Waals surface area contributed by atoms with E-state index < -0.39 is 0 Å². The summed E-state index contributed by atoms with van der Waals surface area (Å²) < 4.78 is 17.3. The Morgan fingerprint density at radius 3 is 3.20 bits per heavy atom. The quantitative estimate of drug-likeness (QED) is 0.788. The molecule has 2 aromatic heterocycles. The topological polar surface area (TPSA) is 44.8 Å². The van der Waals surface area contributed by atoms with Crippen molar-refractivity contribution in [3.05, 3.63) is 46.3 Å². The molecule has 1 aromatic carbocycles. The van der Waals surface area contributed by atoms with Gasteiger partial charge in [0.05, 0.1) is 5.69 Å². The number of aromatic amines is 1. The highest BCUT2D eigenvalue weighted by Crippen LogP contribution is 2.28. The maximum atomic E-state index is 13.4. The number of nitrogens with one attached hydrogen (secondary N) is 1. The first kappa shape index (κ1) is 12.0. The molecule has 0 aliphatic carbocycles. The molecule has 4 nitrogen and oxygen atoms in total. The summed E-state index contributed by atoms with van der Waals surface area (Å²) in [6, 6.07) is 4.94. The van der Waals surface area contributed by atoms with E-state index in [1.165, 1.54) is 28.9 Å². The molecule has 0 saturated carbocycles. The van der Waals surface area contributed by atoms with Crippen LogP contribution < -0.4 is 0 Å². The Morgan fingerprint density at radius 2 is 2.35 bits per heavy atom. The van der Waals surface area contributed by atoms with Gasteiger partial charge in [0.15, 0.2) is 0 Å². The van der Waals surface area contributed by atoms with E-state index in [4.69, 9.17) is 0 Å². The van der Waals surface area contributed by atoms with Crippen LogP contribution >= 0.6 is 11.5 Å². The van der Waals surface area contributed by atoms with Crippen LogP contribution in [0.25, 0.3) is 10.9 Å². The van der Waals surface area contributed by atoms with E-state index in [-0.39, 0.29) is 5.82 Å². The number of hydrogen-bond acceptors (Lipinski definition) is 4. The van der Waals surface area contributed by atoms with Crippen molar-refractivity contribution in [1.29, 1.82) is 0 Å². The van der Waals surface area contributed by atoms with Crippen LogP contribution in [-0.2, 0) is 19.5 Å². The van der Waals surface area contributed by atoms with E-state index in [9.17, 15) is 4.39 Å². The normalized spacial score (nSPS) is 15.7. The summed E-state index contributed by atoms with van der Waals surface area (Å²) in [7, 11) is 0. The molecule has 0 atom stereocenters. The minimum atomic E-state index is -0.180. The summed E-state index contributed by atoms with van der Waals surface area (Å²) in [5.41, 5.74) is 4.48. The zero-order valence-corrected chi connectivity index (χ0v) is 11.6. The molecule has 20 heavy (non-hydrogen) atoms. The lowest BCUT2D eigenvalue weighted by Crippen LogP contribution is -2.29. The number of nitrogens with zero attached hydrogens (tertiary/aromatic N) is 3. The van der Waals surface area contributed by atoms with Gasteiger partial charge in [-0.1, -0.05) is 4.49 Å². The molecule has 0 bridgehead atoms. The van der Waals surface area contributed by atoms with Gasteiger partial charge in [0, 0.05) is 48.0 Å². The molecule has 0 radical (unpaired) electrons. The van der Waals surface area contributed by atoms with E-state index in [1.54, 1.807) is 6.07 Å². The average Bonchev–Trinajstić information content (AvgIpc) is 3.06. The van der Waals surface area contributed by atoms with Crippen molar-refractivity contribution >= 4 is 22.4 Å². The van der Waals surface area contributed by atoms with Gasteiger partial charge in [-0.15, -0.1) is 5.10 Å². The van der Waals surface area contributed by atoms with Crippen molar-refractivity contribution in [1.82, 2.24) is 19.5 Å². The SMILES string of the molecule is Fc1ccc2[nH]c3c(c2c1)CN(Cc1csnn1)CC3. The molecular weight excluding hydrogens is 275 g/mol. The Labute approximate surface area is 119 Å². The zero-order chi connectivity index (χ0) is 13.5. The van der Waals surface area contributed by atoms with Gasteiger partial charge in [-0.2, -0.15) is 0 Å². The molecule has 1 aliphatic rings. The van der Waals surface area contributed by atoms with Gasteiger partial charge in [-0.3, -0.25) is 4.90 Å². The summed E-state index contributed by atoms with van der Waals surface area (Å²) in [5, 5.41) is 7.07. The smallest absolute Gasteiger partial charge is 0.123 e. The molecule has 0 unspecified atom stereocenters. The Morgan fingerprint density at radius 1 is 1.40 bits per heavy atom. The minimum Gasteiger partial charge on any atom is -0.358 e. The van der Waals surface area contributed by atoms with Gasteiger partial charge in [0.2, 0.25) is 0 Å². The molecule has 0 spiro atoms. The van der Waals surface area contributed by atoms with Crippen molar-refractivity contribution in [2.45, 2.75) is 19.5 Å². The molecular formula is C14H13FN4S. The van der Waals surface area contributed by atoms with Crippen molar-refractivity contribution in [2.24, 2.45) is 0 Å². The molecule has 6 heteroatoms. The van der Waals surface area contributed by atoms with Gasteiger partial charge < -0.3 is 4.98 Å². The minimum absolute atomic E-state index is 0.180. The van der Waals surface area contributed by atoms with E-state index in [2.05, 4.69) is 19.5 Å². The lowest BCUT2D eigenvalue weighted by atomic mass is 10.0. The third-order valence-corrected chi connectivity index (χ3v) is 4.36. The third kappa shape index (κ3) is 2.01. The largest absolute Gasteiger partial charge is 0.358 e. The number of H-pyrrole nitrogens is 1. The van der Waals surface area contributed by atoms with Crippen LogP contribution in [0.1, 0.15) is 17.0 Å². The fraction of sp³-hybridized carbons (Fsp3) is 0.286. The predicted octanol–water partition coefficient (Wildman–Crippen LogP) is 2.72. The fourth-order valence-corrected chi connectivity index (χ4v) is 3.30. The molecule has 0 fully saturated rings. The predicted molar refractivity (Wildman–Crippen MR) is 76.0 cm³/mol. The van der Waals surface area contributed by atoms with Crippen LogP contribution in [0.15, 0.2) is 23.6 Å². The van der Waals surface area contributed by atoms with Gasteiger partial charge >= 0.3 is 0 Å². The van der Waals surface area contributed by atoms with Crippen molar-refractivity contribution in [3.8, 4) is 0 Å². The second-order valence-corrected chi connectivity index (χ2v) is 5.74. The first-order valence-electron chi connectivity index (χ1n) is 6.57. The maximum absolute atomic E-state index is 13.4. The van der Waals surface area contributed by atoms with Crippen molar-refractivity contribution in [3.63, 3.8) is 0 Å². The third-order valence-electron chi connectivity index (χ3n) is 3.81. The number of rotatable bonds is 2. The molecule has 4 rings (SSSR count). The molecule has 1 N–H and O–H groups in total. The first-order valence-corrected chi connectivity index (χ1v) is 7.40. The monoisotopic (exact) mass is 288 g/mol. The second kappa shape index (κ2) is 4.64. The Bertz CT molecular complexity index is 750. The summed E-state index contributed by atoms with van der Waals surface area (Å²) in [6.07, 6.45) is 0.962. The summed E-state index contributed by atoms with van der Waals surface area (Å²) in [6.45, 7) is 2.62. The highest BCUT2D eigenvalue weighted by Gasteiger charge is 2.21.